The van der Waals surface area contributed by atoms with Crippen LogP contribution in [-0.2, 0) is 16.6 Å². The van der Waals surface area contributed by atoms with Crippen LogP contribution in [0.4, 0.5) is 0 Å². The van der Waals surface area contributed by atoms with E-state index in [0.717, 1.165) is 26.9 Å². The van der Waals surface area contributed by atoms with Crippen LogP contribution in [0.1, 0.15) is 10.7 Å². The van der Waals surface area contributed by atoms with Gasteiger partial charge in [-0.2, -0.15) is 5.10 Å². The van der Waals surface area contributed by atoms with Crippen LogP contribution in [0.5, 0.6) is 0 Å². The molecule has 0 saturated heterocycles. The quantitative estimate of drug-likeness (QED) is 0.688. The third-order valence-corrected chi connectivity index (χ3v) is 7.33. The van der Waals surface area contributed by atoms with Gasteiger partial charge in [-0.3, -0.25) is 4.79 Å². The predicted octanol–water partition coefficient (Wildman–Crippen LogP) is 2.02. The topological polar surface area (TPSA) is 94.0 Å². The molecule has 7 nitrogen and oxygen atoms in total. The van der Waals surface area contributed by atoms with Crippen LogP contribution in [0.2, 0.25) is 0 Å². The van der Waals surface area contributed by atoms with Gasteiger partial charge in [0.05, 0.1) is 22.1 Å². The maximum Gasteiger partial charge on any atom is 0.266 e. The van der Waals surface area contributed by atoms with Crippen molar-refractivity contribution in [3.05, 3.63) is 50.7 Å². The summed E-state index contributed by atoms with van der Waals surface area (Å²) in [4.78, 5) is 17.3. The molecule has 0 bridgehead atoms. The lowest BCUT2D eigenvalue weighted by Gasteiger charge is -2.08. The van der Waals surface area contributed by atoms with Crippen molar-refractivity contribution >= 4 is 32.7 Å². The maximum atomic E-state index is 12.1. The number of rotatable bonds is 6. The third kappa shape index (κ3) is 4.03. The largest absolute Gasteiger partial charge is 0.268 e. The number of hydrogen-bond donors (Lipinski definition) is 1. The Labute approximate surface area is 153 Å². The fourth-order valence-electron chi connectivity index (χ4n) is 2.27. The Morgan fingerprint density at radius 3 is 2.68 bits per heavy atom. The number of aromatic nitrogens is 3. The summed E-state index contributed by atoms with van der Waals surface area (Å²) in [6.07, 6.45) is 0. The van der Waals surface area contributed by atoms with E-state index in [0.29, 0.717) is 5.69 Å². The van der Waals surface area contributed by atoms with Gasteiger partial charge < -0.3 is 0 Å². The third-order valence-electron chi connectivity index (χ3n) is 3.38. The Morgan fingerprint density at radius 1 is 1.24 bits per heavy atom. The average Bonchev–Trinajstić information content (AvgIpc) is 3.19. The Morgan fingerprint density at radius 2 is 2.04 bits per heavy atom. The summed E-state index contributed by atoms with van der Waals surface area (Å²) >= 11 is 2.65. The van der Waals surface area contributed by atoms with Crippen molar-refractivity contribution in [3.8, 4) is 10.6 Å². The molecule has 0 aromatic carbocycles. The molecule has 0 unspecified atom stereocenters. The lowest BCUT2D eigenvalue weighted by Crippen LogP contribution is -2.31. The molecule has 0 saturated carbocycles. The van der Waals surface area contributed by atoms with Gasteiger partial charge in [-0.1, -0.05) is 6.07 Å². The molecule has 0 spiro atoms. The molecule has 3 aromatic heterocycles. The highest BCUT2D eigenvalue weighted by Crippen LogP contribution is 2.27. The Balaban J connectivity index is 1.76. The van der Waals surface area contributed by atoms with Crippen molar-refractivity contribution in [2.75, 3.05) is 6.54 Å². The molecule has 0 aliphatic heterocycles. The lowest BCUT2D eigenvalue weighted by atomic mass is 10.3. The number of sulfonamides is 1. The van der Waals surface area contributed by atoms with E-state index in [1.165, 1.54) is 28.2 Å². The minimum absolute atomic E-state index is 0.0806. The molecule has 3 rings (SSSR count). The van der Waals surface area contributed by atoms with E-state index in [2.05, 4.69) is 14.8 Å². The van der Waals surface area contributed by atoms with Gasteiger partial charge in [-0.15, -0.1) is 22.7 Å². The van der Waals surface area contributed by atoms with E-state index in [4.69, 9.17) is 0 Å². The minimum Gasteiger partial charge on any atom is -0.268 e. The normalized spacial score (nSPS) is 11.8. The Bertz CT molecular complexity index is 1040. The van der Waals surface area contributed by atoms with E-state index < -0.39 is 10.0 Å². The lowest BCUT2D eigenvalue weighted by molar-refractivity contribution is 0.550. The molecule has 0 fully saturated rings. The van der Waals surface area contributed by atoms with Crippen LogP contribution >= 0.6 is 22.7 Å². The summed E-state index contributed by atoms with van der Waals surface area (Å²) in [6.45, 7) is 4.03. The zero-order valence-electron chi connectivity index (χ0n) is 13.6. The van der Waals surface area contributed by atoms with Gasteiger partial charge in [0.25, 0.3) is 5.56 Å². The van der Waals surface area contributed by atoms with Crippen LogP contribution in [0.25, 0.3) is 10.6 Å². The predicted molar refractivity (Wildman–Crippen MR) is 98.6 cm³/mol. The van der Waals surface area contributed by atoms with E-state index in [1.54, 1.807) is 17.5 Å². The van der Waals surface area contributed by atoms with Crippen LogP contribution in [0.15, 0.2) is 38.6 Å². The smallest absolute Gasteiger partial charge is 0.266 e. The number of aryl methyl sites for hydroxylation is 2. The number of thiophene rings is 1. The average molecular weight is 397 g/mol. The number of nitrogens with one attached hydrogen (secondary N) is 1. The summed E-state index contributed by atoms with van der Waals surface area (Å²) in [5.41, 5.74) is 1.24. The van der Waals surface area contributed by atoms with E-state index in [9.17, 15) is 13.2 Å². The molecule has 0 aliphatic carbocycles. The summed E-state index contributed by atoms with van der Waals surface area (Å²) in [5, 5.41) is 6.97. The summed E-state index contributed by atoms with van der Waals surface area (Å²) in [7, 11) is -3.55. The Hall–Kier alpha value is -1.88. The fourth-order valence-corrected chi connectivity index (χ4v) is 5.22. The molecule has 0 atom stereocenters. The molecule has 0 radical (unpaired) electrons. The second-order valence-corrected chi connectivity index (χ2v) is 9.40. The molecule has 132 valence electrons. The highest BCUT2D eigenvalue weighted by atomic mass is 32.2. The summed E-state index contributed by atoms with van der Waals surface area (Å²) in [5.74, 6) is 0. The van der Waals surface area contributed by atoms with Gasteiger partial charge in [0.2, 0.25) is 10.0 Å². The van der Waals surface area contributed by atoms with Crippen molar-refractivity contribution in [2.45, 2.75) is 24.6 Å². The molecule has 25 heavy (non-hydrogen) atoms. The van der Waals surface area contributed by atoms with Gasteiger partial charge in [-0.05, 0) is 31.4 Å². The molecule has 3 aromatic rings. The van der Waals surface area contributed by atoms with E-state index in [-0.39, 0.29) is 22.9 Å². The van der Waals surface area contributed by atoms with Crippen LogP contribution in [0.3, 0.4) is 0 Å². The first-order valence-electron chi connectivity index (χ1n) is 7.42. The highest BCUT2D eigenvalue weighted by Gasteiger charge is 2.15. The first kappa shape index (κ1) is 17.9. The number of hydrogen-bond acceptors (Lipinski definition) is 7. The standard InChI is InChI=1S/C15H16N4O3S3/c1-10-15(24-11(2)17-10)12-5-6-13(20)19(18-12)8-7-16-25(21,22)14-4-3-9-23-14/h3-6,9,16H,7-8H2,1-2H3. The van der Waals surface area contributed by atoms with E-state index in [1.807, 2.05) is 13.8 Å². The van der Waals surface area contributed by atoms with Crippen LogP contribution < -0.4 is 10.3 Å². The molecular weight excluding hydrogens is 380 g/mol. The van der Waals surface area contributed by atoms with Crippen molar-refractivity contribution < 1.29 is 8.42 Å². The fraction of sp³-hybridized carbons (Fsp3) is 0.267. The van der Waals surface area contributed by atoms with Crippen molar-refractivity contribution in [1.29, 1.82) is 0 Å². The molecule has 3 heterocycles. The van der Waals surface area contributed by atoms with Crippen molar-refractivity contribution in [1.82, 2.24) is 19.5 Å². The molecule has 1 N–H and O–H groups in total. The Kier molecular flexibility index (Phi) is 5.13. The summed E-state index contributed by atoms with van der Waals surface area (Å²) in [6, 6.07) is 6.31. The van der Waals surface area contributed by atoms with Gasteiger partial charge in [0.15, 0.2) is 0 Å². The molecule has 0 aliphatic rings. The molecule has 0 amide bonds. The summed E-state index contributed by atoms with van der Waals surface area (Å²) < 4.78 is 28.2. The SMILES string of the molecule is Cc1nc(C)c(-c2ccc(=O)n(CCNS(=O)(=O)c3cccs3)n2)s1. The number of thiazole rings is 1. The monoisotopic (exact) mass is 396 g/mol. The maximum absolute atomic E-state index is 12.1. The van der Waals surface area contributed by atoms with Crippen molar-refractivity contribution in [2.24, 2.45) is 0 Å². The van der Waals surface area contributed by atoms with Crippen LogP contribution in [-0.4, -0.2) is 29.7 Å². The van der Waals surface area contributed by atoms with Gasteiger partial charge in [0, 0.05) is 12.6 Å². The minimum atomic E-state index is -3.55. The molecular formula is C15H16N4O3S3. The van der Waals surface area contributed by atoms with E-state index >= 15 is 0 Å². The van der Waals surface area contributed by atoms with Gasteiger partial charge >= 0.3 is 0 Å². The zero-order valence-corrected chi connectivity index (χ0v) is 16.0. The van der Waals surface area contributed by atoms with Gasteiger partial charge in [-0.25, -0.2) is 22.8 Å². The van der Waals surface area contributed by atoms with Crippen LogP contribution in [0, 0.1) is 13.8 Å². The second-order valence-electron chi connectivity index (χ2n) is 5.26. The highest BCUT2D eigenvalue weighted by molar-refractivity contribution is 7.91. The zero-order chi connectivity index (χ0) is 18.0. The molecule has 10 heteroatoms. The van der Waals surface area contributed by atoms with Crippen molar-refractivity contribution in [3.63, 3.8) is 0 Å². The second kappa shape index (κ2) is 7.16. The van der Waals surface area contributed by atoms with Gasteiger partial charge in [0.1, 0.15) is 9.90 Å². The first-order valence-corrected chi connectivity index (χ1v) is 10.6. The first-order chi connectivity index (χ1) is 11.9. The number of nitrogens with zero attached hydrogens (tertiary/aromatic N) is 3.